The third-order valence-electron chi connectivity index (χ3n) is 2.22. The van der Waals surface area contributed by atoms with E-state index in [0.717, 1.165) is 0 Å². The molecule has 1 aromatic carbocycles. The number of hydrogen-bond donors (Lipinski definition) is 0. The molecule has 0 aliphatic heterocycles. The summed E-state index contributed by atoms with van der Waals surface area (Å²) in [5.41, 5.74) is -0.561. The van der Waals surface area contributed by atoms with E-state index in [1.165, 1.54) is 12.1 Å². The Morgan fingerprint density at radius 3 is 2.28 bits per heavy atom. The molecular weight excluding hydrogens is 252 g/mol. The Bertz CT molecular complexity index is 538. The smallest absolute Gasteiger partial charge is 0.339 e. The molecule has 0 saturated carbocycles. The van der Waals surface area contributed by atoms with Gasteiger partial charge in [0, 0.05) is 0 Å². The fourth-order valence-corrected chi connectivity index (χ4v) is 2.48. The van der Waals surface area contributed by atoms with E-state index in [9.17, 15) is 13.2 Å². The average Bonchev–Trinajstić information content (AvgIpc) is 2.27. The highest BCUT2D eigenvalue weighted by Crippen LogP contribution is 2.20. The zero-order valence-corrected chi connectivity index (χ0v) is 11.9. The number of esters is 1. The number of rotatable bonds is 3. The summed E-state index contributed by atoms with van der Waals surface area (Å²) in [5, 5.41) is 0. The monoisotopic (exact) mass is 270 g/mol. The van der Waals surface area contributed by atoms with Crippen molar-refractivity contribution in [3.8, 4) is 0 Å². The number of sulfone groups is 1. The van der Waals surface area contributed by atoms with Crippen molar-refractivity contribution in [2.75, 3.05) is 5.75 Å². The van der Waals surface area contributed by atoms with E-state index in [4.69, 9.17) is 4.74 Å². The lowest BCUT2D eigenvalue weighted by Crippen LogP contribution is -2.25. The highest BCUT2D eigenvalue weighted by Gasteiger charge is 2.24. The van der Waals surface area contributed by atoms with E-state index >= 15 is 0 Å². The summed E-state index contributed by atoms with van der Waals surface area (Å²) < 4.78 is 29.0. The predicted octanol–water partition coefficient (Wildman–Crippen LogP) is 2.44. The van der Waals surface area contributed by atoms with Gasteiger partial charge in [0.1, 0.15) is 5.60 Å². The normalized spacial score (nSPS) is 12.2. The molecule has 0 radical (unpaired) electrons. The van der Waals surface area contributed by atoms with Gasteiger partial charge in [-0.15, -0.1) is 0 Å². The molecule has 18 heavy (non-hydrogen) atoms. The minimum atomic E-state index is -3.43. The van der Waals surface area contributed by atoms with E-state index in [2.05, 4.69) is 0 Å². The lowest BCUT2D eigenvalue weighted by molar-refractivity contribution is 0.00651. The van der Waals surface area contributed by atoms with Gasteiger partial charge in [-0.1, -0.05) is 19.1 Å². The number of carbonyl (C=O) groups is 1. The van der Waals surface area contributed by atoms with Crippen molar-refractivity contribution < 1.29 is 17.9 Å². The van der Waals surface area contributed by atoms with Crippen molar-refractivity contribution in [3.05, 3.63) is 29.8 Å². The second-order valence-electron chi connectivity index (χ2n) is 4.90. The largest absolute Gasteiger partial charge is 0.456 e. The van der Waals surface area contributed by atoms with E-state index in [1.807, 2.05) is 0 Å². The highest BCUT2D eigenvalue weighted by molar-refractivity contribution is 7.91. The topological polar surface area (TPSA) is 60.4 Å². The van der Waals surface area contributed by atoms with Gasteiger partial charge in [0.25, 0.3) is 0 Å². The van der Waals surface area contributed by atoms with Crippen LogP contribution in [0.15, 0.2) is 29.2 Å². The molecular formula is C13H18O4S. The van der Waals surface area contributed by atoms with Crippen molar-refractivity contribution in [1.29, 1.82) is 0 Å². The molecule has 0 aliphatic carbocycles. The minimum Gasteiger partial charge on any atom is -0.456 e. The number of benzene rings is 1. The third-order valence-corrected chi connectivity index (χ3v) is 4.01. The Morgan fingerprint density at radius 1 is 1.22 bits per heavy atom. The van der Waals surface area contributed by atoms with Gasteiger partial charge in [-0.2, -0.15) is 0 Å². The summed E-state index contributed by atoms with van der Waals surface area (Å²) in [6, 6.07) is 6.11. The minimum absolute atomic E-state index is 0.0294. The molecule has 0 aliphatic rings. The molecule has 0 saturated heterocycles. The summed E-state index contributed by atoms with van der Waals surface area (Å²) in [4.78, 5) is 12.0. The van der Waals surface area contributed by atoms with Gasteiger partial charge in [0.15, 0.2) is 9.84 Å². The van der Waals surface area contributed by atoms with Crippen molar-refractivity contribution >= 4 is 15.8 Å². The molecule has 1 rings (SSSR count). The van der Waals surface area contributed by atoms with Gasteiger partial charge in [-0.05, 0) is 32.9 Å². The maximum Gasteiger partial charge on any atom is 0.339 e. The molecule has 1 aromatic rings. The molecule has 0 atom stereocenters. The maximum atomic E-state index is 12.0. The Hall–Kier alpha value is -1.36. The molecule has 0 bridgehead atoms. The summed E-state index contributed by atoms with van der Waals surface area (Å²) in [6.45, 7) is 6.76. The zero-order chi connectivity index (χ0) is 14.0. The third kappa shape index (κ3) is 3.57. The van der Waals surface area contributed by atoms with Gasteiger partial charge < -0.3 is 4.74 Å². The molecule has 0 amide bonds. The first-order valence-corrected chi connectivity index (χ1v) is 7.38. The maximum absolute atomic E-state index is 12.0. The first-order chi connectivity index (χ1) is 8.17. The second-order valence-corrected chi connectivity index (χ2v) is 7.15. The molecule has 0 unspecified atom stereocenters. The van der Waals surface area contributed by atoms with Crippen molar-refractivity contribution in [2.24, 2.45) is 0 Å². The van der Waals surface area contributed by atoms with Gasteiger partial charge in [0.05, 0.1) is 16.2 Å². The van der Waals surface area contributed by atoms with E-state index < -0.39 is 21.4 Å². The fourth-order valence-electron chi connectivity index (χ4n) is 1.40. The van der Waals surface area contributed by atoms with Crippen LogP contribution in [0, 0.1) is 0 Å². The second kappa shape index (κ2) is 5.10. The van der Waals surface area contributed by atoms with Crippen LogP contribution in [0.1, 0.15) is 38.1 Å². The molecule has 0 fully saturated rings. The van der Waals surface area contributed by atoms with Crippen LogP contribution in [0.5, 0.6) is 0 Å². The van der Waals surface area contributed by atoms with Gasteiger partial charge >= 0.3 is 5.97 Å². The molecule has 100 valence electrons. The van der Waals surface area contributed by atoms with Crippen LogP contribution in [0.25, 0.3) is 0 Å². The number of hydrogen-bond acceptors (Lipinski definition) is 4. The van der Waals surface area contributed by atoms with Crippen LogP contribution in [0.3, 0.4) is 0 Å². The molecule has 4 nitrogen and oxygen atoms in total. The van der Waals surface area contributed by atoms with E-state index in [-0.39, 0.29) is 16.2 Å². The Kier molecular flexibility index (Phi) is 4.16. The van der Waals surface area contributed by atoms with Crippen LogP contribution < -0.4 is 0 Å². The number of ether oxygens (including phenoxy) is 1. The lowest BCUT2D eigenvalue weighted by atomic mass is 10.1. The van der Waals surface area contributed by atoms with Gasteiger partial charge in [0.2, 0.25) is 0 Å². The van der Waals surface area contributed by atoms with Crippen molar-refractivity contribution in [1.82, 2.24) is 0 Å². The predicted molar refractivity (Wildman–Crippen MR) is 69.3 cm³/mol. The lowest BCUT2D eigenvalue weighted by Gasteiger charge is -2.20. The summed E-state index contributed by atoms with van der Waals surface area (Å²) in [6.07, 6.45) is 0. The van der Waals surface area contributed by atoms with E-state index in [0.29, 0.717) is 0 Å². The summed E-state index contributed by atoms with van der Waals surface area (Å²) in [5.74, 6) is -0.664. The first-order valence-electron chi connectivity index (χ1n) is 5.72. The van der Waals surface area contributed by atoms with E-state index in [1.54, 1.807) is 39.8 Å². The molecule has 0 spiro atoms. The molecule has 5 heteroatoms. The van der Waals surface area contributed by atoms with Crippen molar-refractivity contribution in [2.45, 2.75) is 38.2 Å². The Morgan fingerprint density at radius 2 is 1.78 bits per heavy atom. The average molecular weight is 270 g/mol. The molecule has 0 heterocycles. The van der Waals surface area contributed by atoms with Crippen LogP contribution in [0.2, 0.25) is 0 Å². The molecule has 0 N–H and O–H groups in total. The SMILES string of the molecule is CCS(=O)(=O)c1ccccc1C(=O)OC(C)(C)C. The van der Waals surface area contributed by atoms with Crippen LogP contribution >= 0.6 is 0 Å². The highest BCUT2D eigenvalue weighted by atomic mass is 32.2. The van der Waals surface area contributed by atoms with Crippen LogP contribution in [-0.2, 0) is 14.6 Å². The van der Waals surface area contributed by atoms with Crippen LogP contribution in [-0.4, -0.2) is 25.7 Å². The van der Waals surface area contributed by atoms with Gasteiger partial charge in [-0.25, -0.2) is 13.2 Å². The Labute approximate surface area is 108 Å². The summed E-state index contributed by atoms with van der Waals surface area (Å²) >= 11 is 0. The first kappa shape index (κ1) is 14.7. The molecule has 0 aromatic heterocycles. The standard InChI is InChI=1S/C13H18O4S/c1-5-18(15,16)11-9-7-6-8-10(11)12(14)17-13(2,3)4/h6-9H,5H2,1-4H3. The van der Waals surface area contributed by atoms with Gasteiger partial charge in [-0.3, -0.25) is 0 Å². The zero-order valence-electron chi connectivity index (χ0n) is 11.1. The quantitative estimate of drug-likeness (QED) is 0.791. The summed E-state index contributed by atoms with van der Waals surface area (Å²) in [7, 11) is -3.43. The van der Waals surface area contributed by atoms with Crippen molar-refractivity contribution in [3.63, 3.8) is 0 Å². The Balaban J connectivity index is 3.23. The van der Waals surface area contributed by atoms with Crippen LogP contribution in [0.4, 0.5) is 0 Å². The fraction of sp³-hybridized carbons (Fsp3) is 0.462. The number of carbonyl (C=O) groups excluding carboxylic acids is 1.